The van der Waals surface area contributed by atoms with E-state index in [9.17, 15) is 13.2 Å². The minimum atomic E-state index is -3.47. The van der Waals surface area contributed by atoms with Gasteiger partial charge in [0, 0.05) is 18.7 Å². The Morgan fingerprint density at radius 2 is 1.93 bits per heavy atom. The van der Waals surface area contributed by atoms with Crippen LogP contribution in [0.2, 0.25) is 0 Å². The highest BCUT2D eigenvalue weighted by atomic mass is 32.2. The first kappa shape index (κ1) is 21.3. The van der Waals surface area contributed by atoms with Gasteiger partial charge in [0.15, 0.2) is 0 Å². The van der Waals surface area contributed by atoms with Gasteiger partial charge in [0.2, 0.25) is 15.9 Å². The number of benzene rings is 2. The van der Waals surface area contributed by atoms with Crippen LogP contribution in [-0.4, -0.2) is 34.5 Å². The average molecular weight is 417 g/mol. The smallest absolute Gasteiger partial charge is 0.240 e. The maximum Gasteiger partial charge on any atom is 0.240 e. The minimum Gasteiger partial charge on any atom is -0.493 e. The number of nitrogens with one attached hydrogen (secondary N) is 1. The number of nitrogens with zero attached hydrogens (tertiary/aromatic N) is 1. The fourth-order valence-corrected chi connectivity index (χ4v) is 4.26. The van der Waals surface area contributed by atoms with Crippen molar-refractivity contribution in [3.05, 3.63) is 53.1 Å². The summed E-state index contributed by atoms with van der Waals surface area (Å²) >= 11 is 0. The molecule has 0 unspecified atom stereocenters. The highest BCUT2D eigenvalue weighted by Gasteiger charge is 2.26. The van der Waals surface area contributed by atoms with Crippen LogP contribution in [0.15, 0.2) is 41.3 Å². The summed E-state index contributed by atoms with van der Waals surface area (Å²) in [6, 6.07) is 11.1. The van der Waals surface area contributed by atoms with Gasteiger partial charge in [0.05, 0.1) is 11.5 Å². The van der Waals surface area contributed by atoms with Gasteiger partial charge in [-0.05, 0) is 81.1 Å². The molecule has 3 rings (SSSR count). The molecule has 6 nitrogen and oxygen atoms in total. The number of hydrogen-bond acceptors (Lipinski definition) is 4. The topological polar surface area (TPSA) is 75.7 Å². The van der Waals surface area contributed by atoms with E-state index in [4.69, 9.17) is 4.74 Å². The molecular formula is C22H28N2O4S. The summed E-state index contributed by atoms with van der Waals surface area (Å²) in [5.74, 6) is 0.969. The molecule has 0 bridgehead atoms. The Labute approximate surface area is 172 Å². The van der Waals surface area contributed by atoms with Crippen molar-refractivity contribution in [1.82, 2.24) is 4.72 Å². The zero-order chi connectivity index (χ0) is 21.0. The van der Waals surface area contributed by atoms with Gasteiger partial charge in [0.1, 0.15) is 5.75 Å². The summed E-state index contributed by atoms with van der Waals surface area (Å²) in [5.41, 5.74) is 3.99. The van der Waals surface area contributed by atoms with Crippen LogP contribution in [0.25, 0.3) is 0 Å². The zero-order valence-electron chi connectivity index (χ0n) is 17.2. The maximum absolute atomic E-state index is 12.6. The predicted molar refractivity (Wildman–Crippen MR) is 114 cm³/mol. The molecule has 0 spiro atoms. The first-order valence-electron chi connectivity index (χ1n) is 9.89. The van der Waals surface area contributed by atoms with E-state index in [0.717, 1.165) is 35.4 Å². The van der Waals surface area contributed by atoms with Crippen molar-refractivity contribution in [3.8, 4) is 5.75 Å². The monoisotopic (exact) mass is 416 g/mol. The van der Waals surface area contributed by atoms with Crippen LogP contribution in [0.1, 0.15) is 36.0 Å². The highest BCUT2D eigenvalue weighted by molar-refractivity contribution is 7.89. The first-order chi connectivity index (χ1) is 13.8. The van der Waals surface area contributed by atoms with E-state index in [2.05, 4.69) is 10.8 Å². The summed E-state index contributed by atoms with van der Waals surface area (Å²) in [6.45, 7) is 5.24. The van der Waals surface area contributed by atoms with Crippen molar-refractivity contribution in [3.63, 3.8) is 0 Å². The molecule has 2 aromatic rings. The lowest BCUT2D eigenvalue weighted by molar-refractivity contribution is -0.118. The molecule has 156 valence electrons. The molecule has 1 N–H and O–H groups in total. The van der Waals surface area contributed by atoms with Crippen LogP contribution in [0.5, 0.6) is 5.75 Å². The predicted octanol–water partition coefficient (Wildman–Crippen LogP) is 3.35. The average Bonchev–Trinajstić information content (AvgIpc) is 3.13. The van der Waals surface area contributed by atoms with Crippen LogP contribution in [-0.2, 0) is 21.2 Å². The molecule has 1 amide bonds. The second kappa shape index (κ2) is 8.97. The number of carbonyl (C=O) groups excluding carboxylic acids is 1. The summed E-state index contributed by atoms with van der Waals surface area (Å²) in [5, 5.41) is 0. The van der Waals surface area contributed by atoms with Gasteiger partial charge < -0.3 is 9.64 Å². The van der Waals surface area contributed by atoms with Crippen LogP contribution in [0, 0.1) is 13.8 Å². The van der Waals surface area contributed by atoms with Gasteiger partial charge in [0.25, 0.3) is 0 Å². The van der Waals surface area contributed by atoms with Gasteiger partial charge in [-0.15, -0.1) is 0 Å². The van der Waals surface area contributed by atoms with Crippen molar-refractivity contribution in [2.45, 2.75) is 44.4 Å². The molecule has 0 radical (unpaired) electrons. The van der Waals surface area contributed by atoms with Crippen molar-refractivity contribution < 1.29 is 17.9 Å². The van der Waals surface area contributed by atoms with Crippen molar-refractivity contribution in [2.75, 3.05) is 25.1 Å². The second-order valence-electron chi connectivity index (χ2n) is 7.37. The molecule has 0 saturated carbocycles. The Balaban J connectivity index is 1.51. The SMILES string of the molecule is CNS(=O)(=O)c1ccc2c(c1)CCN2C(=O)CCCCOc1cc(C)ccc1C. The van der Waals surface area contributed by atoms with Crippen LogP contribution >= 0.6 is 0 Å². The van der Waals surface area contributed by atoms with Crippen molar-refractivity contribution >= 4 is 21.6 Å². The van der Waals surface area contributed by atoms with Gasteiger partial charge in [-0.3, -0.25) is 4.79 Å². The first-order valence-corrected chi connectivity index (χ1v) is 11.4. The molecule has 1 heterocycles. The fraction of sp³-hybridized carbons (Fsp3) is 0.409. The normalized spacial score (nSPS) is 13.4. The molecule has 7 heteroatoms. The van der Waals surface area contributed by atoms with Crippen LogP contribution < -0.4 is 14.4 Å². The molecule has 29 heavy (non-hydrogen) atoms. The molecule has 1 aliphatic rings. The lowest BCUT2D eigenvalue weighted by Crippen LogP contribution is -2.28. The van der Waals surface area contributed by atoms with Gasteiger partial charge >= 0.3 is 0 Å². The molecule has 1 aliphatic heterocycles. The van der Waals surface area contributed by atoms with Gasteiger partial charge in [-0.25, -0.2) is 13.1 Å². The van der Waals surface area contributed by atoms with Crippen molar-refractivity contribution in [2.24, 2.45) is 0 Å². The quantitative estimate of drug-likeness (QED) is 0.670. The van der Waals surface area contributed by atoms with E-state index in [1.807, 2.05) is 26.0 Å². The molecule has 0 aliphatic carbocycles. The number of amides is 1. The Morgan fingerprint density at radius 1 is 1.14 bits per heavy atom. The molecule has 0 fully saturated rings. The largest absolute Gasteiger partial charge is 0.493 e. The van der Waals surface area contributed by atoms with Gasteiger partial charge in [-0.1, -0.05) is 12.1 Å². The Bertz CT molecular complexity index is 1000. The number of sulfonamides is 1. The molecule has 2 aromatic carbocycles. The number of aryl methyl sites for hydroxylation is 2. The number of hydrogen-bond donors (Lipinski definition) is 1. The Morgan fingerprint density at radius 3 is 2.69 bits per heavy atom. The summed E-state index contributed by atoms with van der Waals surface area (Å²) < 4.78 is 32.1. The molecular weight excluding hydrogens is 388 g/mol. The van der Waals surface area contributed by atoms with Crippen LogP contribution in [0.4, 0.5) is 5.69 Å². The number of unbranched alkanes of at least 4 members (excludes halogenated alkanes) is 1. The number of carbonyl (C=O) groups is 1. The summed E-state index contributed by atoms with van der Waals surface area (Å²) in [6.07, 6.45) is 2.68. The second-order valence-corrected chi connectivity index (χ2v) is 9.25. The minimum absolute atomic E-state index is 0.0692. The molecule has 0 saturated heterocycles. The van der Waals surface area contributed by atoms with E-state index in [0.29, 0.717) is 26.0 Å². The standard InChI is InChI=1S/C22H28N2O4S/c1-16-7-8-17(2)21(14-16)28-13-5-4-6-22(25)24-12-11-18-15-19(9-10-20(18)24)29(26,27)23-3/h7-10,14-15,23H,4-6,11-13H2,1-3H3. The van der Waals surface area contributed by atoms with Gasteiger partial charge in [-0.2, -0.15) is 0 Å². The Kier molecular flexibility index (Phi) is 6.59. The molecule has 0 atom stereocenters. The fourth-order valence-electron chi connectivity index (χ4n) is 3.48. The zero-order valence-corrected chi connectivity index (χ0v) is 18.0. The van der Waals surface area contributed by atoms with Crippen molar-refractivity contribution in [1.29, 1.82) is 0 Å². The van der Waals surface area contributed by atoms with E-state index in [1.165, 1.54) is 12.6 Å². The summed E-state index contributed by atoms with van der Waals surface area (Å²) in [7, 11) is -2.08. The lowest BCUT2D eigenvalue weighted by Gasteiger charge is -2.17. The Hall–Kier alpha value is -2.38. The third-order valence-electron chi connectivity index (χ3n) is 5.21. The third-order valence-corrected chi connectivity index (χ3v) is 6.62. The third kappa shape index (κ3) is 4.97. The summed E-state index contributed by atoms with van der Waals surface area (Å²) in [4.78, 5) is 14.6. The van der Waals surface area contributed by atoms with Crippen LogP contribution in [0.3, 0.4) is 0 Å². The van der Waals surface area contributed by atoms with E-state index in [-0.39, 0.29) is 10.8 Å². The van der Waals surface area contributed by atoms with E-state index < -0.39 is 10.0 Å². The number of fused-ring (bicyclic) bond motifs is 1. The number of ether oxygens (including phenoxy) is 1. The lowest BCUT2D eigenvalue weighted by atomic mass is 10.1. The highest BCUT2D eigenvalue weighted by Crippen LogP contribution is 2.31. The molecule has 0 aromatic heterocycles. The number of rotatable bonds is 8. The van der Waals surface area contributed by atoms with E-state index in [1.54, 1.807) is 23.1 Å². The maximum atomic E-state index is 12.6. The number of anilines is 1. The van der Waals surface area contributed by atoms with E-state index >= 15 is 0 Å².